The first-order valence-corrected chi connectivity index (χ1v) is 6.69. The van der Waals surface area contributed by atoms with Crippen LogP contribution in [0.15, 0.2) is 23.1 Å². The number of thioether (sulfide) groups is 1. The summed E-state index contributed by atoms with van der Waals surface area (Å²) >= 11 is 3.05. The van der Waals surface area contributed by atoms with Crippen LogP contribution in [0.25, 0.3) is 10.1 Å². The van der Waals surface area contributed by atoms with E-state index in [2.05, 4.69) is 5.32 Å². The third kappa shape index (κ3) is 1.51. The highest BCUT2D eigenvalue weighted by Crippen LogP contribution is 2.39. The Morgan fingerprint density at radius 2 is 2.25 bits per heavy atom. The molecule has 0 atom stereocenters. The maximum atomic E-state index is 13.2. The number of benzene rings is 1. The minimum Gasteiger partial charge on any atom is -0.350 e. The van der Waals surface area contributed by atoms with Gasteiger partial charge in [0.1, 0.15) is 10.7 Å². The van der Waals surface area contributed by atoms with Crippen molar-refractivity contribution >= 4 is 39.1 Å². The Hall–Kier alpha value is -1.07. The van der Waals surface area contributed by atoms with E-state index in [4.69, 9.17) is 0 Å². The predicted molar refractivity (Wildman–Crippen MR) is 64.8 cm³/mol. The van der Waals surface area contributed by atoms with Crippen LogP contribution in [0.5, 0.6) is 0 Å². The van der Waals surface area contributed by atoms with Crippen molar-refractivity contribution in [2.24, 2.45) is 0 Å². The van der Waals surface area contributed by atoms with Crippen LogP contribution in [0.3, 0.4) is 0 Å². The Morgan fingerprint density at radius 1 is 1.38 bits per heavy atom. The average molecular weight is 253 g/mol. The van der Waals surface area contributed by atoms with E-state index in [-0.39, 0.29) is 11.7 Å². The van der Waals surface area contributed by atoms with Crippen molar-refractivity contribution in [2.75, 3.05) is 12.3 Å². The number of rotatable bonds is 0. The van der Waals surface area contributed by atoms with Crippen molar-refractivity contribution in [3.05, 3.63) is 28.9 Å². The number of fused-ring (bicyclic) bond motifs is 3. The van der Waals surface area contributed by atoms with Crippen LogP contribution in [0, 0.1) is 5.82 Å². The van der Waals surface area contributed by atoms with Gasteiger partial charge in [-0.15, -0.1) is 23.1 Å². The monoisotopic (exact) mass is 253 g/mol. The summed E-state index contributed by atoms with van der Waals surface area (Å²) < 4.78 is 14.1. The summed E-state index contributed by atoms with van der Waals surface area (Å²) in [5, 5.41) is 3.70. The molecule has 82 valence electrons. The van der Waals surface area contributed by atoms with Crippen molar-refractivity contribution in [1.29, 1.82) is 0 Å². The minimum atomic E-state index is -0.252. The van der Waals surface area contributed by atoms with E-state index >= 15 is 0 Å². The molecule has 0 radical (unpaired) electrons. The van der Waals surface area contributed by atoms with Crippen LogP contribution >= 0.6 is 23.1 Å². The van der Waals surface area contributed by atoms with Gasteiger partial charge < -0.3 is 5.32 Å². The molecule has 0 spiro atoms. The highest BCUT2D eigenvalue weighted by Gasteiger charge is 2.21. The van der Waals surface area contributed by atoms with Crippen LogP contribution in [-0.4, -0.2) is 18.2 Å². The van der Waals surface area contributed by atoms with Gasteiger partial charge >= 0.3 is 0 Å². The van der Waals surface area contributed by atoms with E-state index in [1.807, 2.05) is 0 Å². The maximum absolute atomic E-state index is 13.2. The second-order valence-electron chi connectivity index (χ2n) is 3.51. The van der Waals surface area contributed by atoms with Crippen LogP contribution in [-0.2, 0) is 0 Å². The summed E-state index contributed by atoms with van der Waals surface area (Å²) in [6, 6.07) is 4.68. The molecule has 2 aromatic rings. The second-order valence-corrected chi connectivity index (χ2v) is 5.66. The van der Waals surface area contributed by atoms with Crippen molar-refractivity contribution in [1.82, 2.24) is 5.32 Å². The van der Waals surface area contributed by atoms with Gasteiger partial charge in [0.15, 0.2) is 0 Å². The third-order valence-electron chi connectivity index (χ3n) is 2.44. The Bertz CT molecular complexity index is 579. The lowest BCUT2D eigenvalue weighted by molar-refractivity contribution is 0.0959. The van der Waals surface area contributed by atoms with E-state index in [0.717, 1.165) is 20.7 Å². The molecule has 2 heterocycles. The normalized spacial score (nSPS) is 15.7. The number of halogens is 1. The smallest absolute Gasteiger partial charge is 0.262 e. The molecule has 1 aliphatic heterocycles. The molecule has 0 saturated heterocycles. The topological polar surface area (TPSA) is 29.1 Å². The highest BCUT2D eigenvalue weighted by atomic mass is 32.2. The first kappa shape index (κ1) is 10.1. The van der Waals surface area contributed by atoms with Crippen molar-refractivity contribution in [3.8, 4) is 0 Å². The molecule has 1 aromatic carbocycles. The number of carbonyl (C=O) groups excluding carboxylic acids is 1. The standard InChI is InChI=1S/C11H8FNOS2/c12-6-1-2-8-7(5-6)9-10(16-8)11(14)13-3-4-15-9/h1-2,5H,3-4H2,(H,13,14). The molecule has 1 aromatic heterocycles. The molecule has 1 N–H and O–H groups in total. The predicted octanol–water partition coefficient (Wildman–Crippen LogP) is 2.88. The molecule has 0 bridgehead atoms. The van der Waals surface area contributed by atoms with Crippen LogP contribution in [0.4, 0.5) is 4.39 Å². The fraction of sp³-hybridized carbons (Fsp3) is 0.182. The first-order chi connectivity index (χ1) is 7.75. The molecule has 2 nitrogen and oxygen atoms in total. The van der Waals surface area contributed by atoms with Gasteiger partial charge in [0.05, 0.1) is 0 Å². The summed E-state index contributed by atoms with van der Waals surface area (Å²) in [6.45, 7) is 0.668. The Labute approximate surface area is 99.8 Å². The van der Waals surface area contributed by atoms with Gasteiger partial charge in [-0.05, 0) is 18.2 Å². The minimum absolute atomic E-state index is 0.0402. The molecular formula is C11H8FNOS2. The molecule has 16 heavy (non-hydrogen) atoms. The van der Waals surface area contributed by atoms with E-state index in [1.165, 1.54) is 23.5 Å². The third-order valence-corrected chi connectivity index (χ3v) is 4.86. The van der Waals surface area contributed by atoms with Gasteiger partial charge in [-0.1, -0.05) is 0 Å². The summed E-state index contributed by atoms with van der Waals surface area (Å²) in [6.07, 6.45) is 0. The first-order valence-electron chi connectivity index (χ1n) is 4.89. The van der Waals surface area contributed by atoms with Crippen molar-refractivity contribution in [3.63, 3.8) is 0 Å². The maximum Gasteiger partial charge on any atom is 0.262 e. The summed E-state index contributed by atoms with van der Waals surface area (Å²) in [7, 11) is 0. The molecule has 0 saturated carbocycles. The SMILES string of the molecule is O=C1NCCSc2c1sc1ccc(F)cc21. The fourth-order valence-electron chi connectivity index (χ4n) is 1.74. The van der Waals surface area contributed by atoms with Gasteiger partial charge in [0, 0.05) is 27.3 Å². The molecule has 1 aliphatic rings. The van der Waals surface area contributed by atoms with Gasteiger partial charge in [-0.25, -0.2) is 4.39 Å². The van der Waals surface area contributed by atoms with Crippen LogP contribution < -0.4 is 5.32 Å². The number of carbonyl (C=O) groups is 1. The van der Waals surface area contributed by atoms with Gasteiger partial charge in [-0.3, -0.25) is 4.79 Å². The zero-order chi connectivity index (χ0) is 11.1. The number of amides is 1. The summed E-state index contributed by atoms with van der Waals surface area (Å²) in [5.74, 6) is 0.543. The summed E-state index contributed by atoms with van der Waals surface area (Å²) in [4.78, 5) is 13.4. The van der Waals surface area contributed by atoms with E-state index in [1.54, 1.807) is 17.8 Å². The summed E-state index contributed by atoms with van der Waals surface area (Å²) in [5.41, 5.74) is 0. The zero-order valence-electron chi connectivity index (χ0n) is 8.25. The Balaban J connectivity index is 2.30. The van der Waals surface area contributed by atoms with Gasteiger partial charge in [0.25, 0.3) is 5.91 Å². The quantitative estimate of drug-likeness (QED) is 0.782. The lowest BCUT2D eigenvalue weighted by atomic mass is 10.2. The van der Waals surface area contributed by atoms with Crippen LogP contribution in [0.1, 0.15) is 9.67 Å². The molecule has 3 rings (SSSR count). The number of nitrogens with one attached hydrogen (secondary N) is 1. The molecule has 1 amide bonds. The number of hydrogen-bond donors (Lipinski definition) is 1. The van der Waals surface area contributed by atoms with E-state index < -0.39 is 0 Å². The van der Waals surface area contributed by atoms with Crippen molar-refractivity contribution < 1.29 is 9.18 Å². The lowest BCUT2D eigenvalue weighted by Gasteiger charge is -1.96. The molecule has 0 aliphatic carbocycles. The zero-order valence-corrected chi connectivity index (χ0v) is 9.88. The molecular weight excluding hydrogens is 245 g/mol. The molecule has 0 unspecified atom stereocenters. The molecule has 0 fully saturated rings. The highest BCUT2D eigenvalue weighted by molar-refractivity contribution is 7.99. The average Bonchev–Trinajstić information content (AvgIpc) is 2.52. The lowest BCUT2D eigenvalue weighted by Crippen LogP contribution is -2.22. The molecule has 5 heteroatoms. The van der Waals surface area contributed by atoms with Gasteiger partial charge in [-0.2, -0.15) is 0 Å². The van der Waals surface area contributed by atoms with E-state index in [0.29, 0.717) is 11.4 Å². The number of hydrogen-bond acceptors (Lipinski definition) is 3. The Kier molecular flexibility index (Phi) is 2.37. The van der Waals surface area contributed by atoms with Crippen molar-refractivity contribution in [2.45, 2.75) is 4.90 Å². The van der Waals surface area contributed by atoms with Crippen LogP contribution in [0.2, 0.25) is 0 Å². The number of thiophene rings is 1. The van der Waals surface area contributed by atoms with Gasteiger partial charge in [0.2, 0.25) is 0 Å². The largest absolute Gasteiger partial charge is 0.350 e. The van der Waals surface area contributed by atoms with E-state index in [9.17, 15) is 9.18 Å². The fourth-order valence-corrected chi connectivity index (χ4v) is 4.06. The Morgan fingerprint density at radius 3 is 3.12 bits per heavy atom. The second kappa shape index (κ2) is 3.75.